The molecule has 0 aliphatic heterocycles. The van der Waals surface area contributed by atoms with Crippen molar-refractivity contribution >= 4 is 5.52 Å². The van der Waals surface area contributed by atoms with Gasteiger partial charge in [0.15, 0.2) is 0 Å². The lowest BCUT2D eigenvalue weighted by Gasteiger charge is -2.04. The molecule has 0 spiro atoms. The van der Waals surface area contributed by atoms with Gasteiger partial charge in [-0.05, 0) is 38.8 Å². The Morgan fingerprint density at radius 3 is 2.88 bits per heavy atom. The maximum atomic E-state index is 5.91. The van der Waals surface area contributed by atoms with Crippen molar-refractivity contribution < 1.29 is 0 Å². The van der Waals surface area contributed by atoms with E-state index in [0.717, 1.165) is 12.1 Å². The molecule has 0 bridgehead atoms. The summed E-state index contributed by atoms with van der Waals surface area (Å²) in [6.45, 7) is 4.19. The van der Waals surface area contributed by atoms with Crippen molar-refractivity contribution in [3.8, 4) is 0 Å². The number of nitrogens with zero attached hydrogens (tertiary/aromatic N) is 2. The van der Waals surface area contributed by atoms with Gasteiger partial charge in [-0.15, -0.1) is 0 Å². The minimum absolute atomic E-state index is 0.168. The molecule has 2 N–H and O–H groups in total. The lowest BCUT2D eigenvalue weighted by molar-refractivity contribution is 0.726. The molecule has 1 aliphatic carbocycles. The number of aromatic nitrogens is 2. The summed E-state index contributed by atoms with van der Waals surface area (Å²) < 4.78 is 2.31. The van der Waals surface area contributed by atoms with Crippen LogP contribution >= 0.6 is 0 Å². The molecule has 0 amide bonds. The van der Waals surface area contributed by atoms with Crippen LogP contribution in [0.5, 0.6) is 0 Å². The van der Waals surface area contributed by atoms with Gasteiger partial charge in [-0.1, -0.05) is 6.07 Å². The normalized spacial score (nSPS) is 17.6. The second-order valence-corrected chi connectivity index (χ2v) is 5.26. The second kappa shape index (κ2) is 3.84. The summed E-state index contributed by atoms with van der Waals surface area (Å²) in [6.07, 6.45) is 3.43. The van der Waals surface area contributed by atoms with Crippen LogP contribution in [0, 0.1) is 6.92 Å². The average molecular weight is 229 g/mol. The first kappa shape index (κ1) is 10.8. The number of imidazole rings is 1. The summed E-state index contributed by atoms with van der Waals surface area (Å²) in [5.74, 6) is 1.92. The molecule has 1 fully saturated rings. The van der Waals surface area contributed by atoms with Gasteiger partial charge >= 0.3 is 0 Å². The lowest BCUT2D eigenvalue weighted by Crippen LogP contribution is -2.18. The fourth-order valence-electron chi connectivity index (χ4n) is 2.46. The molecular weight excluding hydrogens is 210 g/mol. The SMILES string of the molecule is Cc1cccc2c(CC(C)N)nc(C3CC3)n12. The Hall–Kier alpha value is -1.35. The number of nitrogens with two attached hydrogens (primary N) is 1. The van der Waals surface area contributed by atoms with Gasteiger partial charge < -0.3 is 10.1 Å². The molecule has 17 heavy (non-hydrogen) atoms. The van der Waals surface area contributed by atoms with E-state index in [2.05, 4.69) is 29.5 Å². The summed E-state index contributed by atoms with van der Waals surface area (Å²) in [7, 11) is 0. The Morgan fingerprint density at radius 1 is 1.47 bits per heavy atom. The molecule has 3 nitrogen and oxygen atoms in total. The summed E-state index contributed by atoms with van der Waals surface area (Å²) in [5, 5.41) is 0. The Kier molecular flexibility index (Phi) is 2.44. The van der Waals surface area contributed by atoms with Gasteiger partial charge in [-0.25, -0.2) is 4.98 Å². The van der Waals surface area contributed by atoms with Gasteiger partial charge in [0.1, 0.15) is 5.82 Å². The van der Waals surface area contributed by atoms with Crippen molar-refractivity contribution in [1.29, 1.82) is 0 Å². The first-order valence-corrected chi connectivity index (χ1v) is 6.39. The third-order valence-corrected chi connectivity index (χ3v) is 3.42. The van der Waals surface area contributed by atoms with E-state index in [1.807, 2.05) is 6.92 Å². The van der Waals surface area contributed by atoms with Crippen LogP contribution in [0.25, 0.3) is 5.52 Å². The molecule has 0 aromatic carbocycles. The van der Waals surface area contributed by atoms with Crippen LogP contribution in [-0.4, -0.2) is 15.4 Å². The molecule has 0 saturated heterocycles. The minimum Gasteiger partial charge on any atom is -0.328 e. The maximum absolute atomic E-state index is 5.91. The topological polar surface area (TPSA) is 43.3 Å². The summed E-state index contributed by atoms with van der Waals surface area (Å²) in [6, 6.07) is 6.58. The largest absolute Gasteiger partial charge is 0.328 e. The standard InChI is InChI=1S/C14H19N3/c1-9(15)8-12-13-5-3-4-10(2)17(13)14(16-12)11-6-7-11/h3-5,9,11H,6-8,15H2,1-2H3. The summed E-state index contributed by atoms with van der Waals surface area (Å²) in [5.41, 5.74) is 9.57. The maximum Gasteiger partial charge on any atom is 0.116 e. The van der Waals surface area contributed by atoms with Crippen molar-refractivity contribution in [2.24, 2.45) is 5.73 Å². The van der Waals surface area contributed by atoms with Gasteiger partial charge in [0.05, 0.1) is 11.2 Å². The quantitative estimate of drug-likeness (QED) is 0.878. The number of pyridine rings is 1. The van der Waals surface area contributed by atoms with Crippen LogP contribution in [-0.2, 0) is 6.42 Å². The highest BCUT2D eigenvalue weighted by molar-refractivity contribution is 5.55. The zero-order valence-corrected chi connectivity index (χ0v) is 10.5. The molecule has 0 radical (unpaired) electrons. The predicted octanol–water partition coefficient (Wildman–Crippen LogP) is 2.41. The number of rotatable bonds is 3. The van der Waals surface area contributed by atoms with E-state index in [0.29, 0.717) is 5.92 Å². The average Bonchev–Trinajstić information content (AvgIpc) is 3.03. The van der Waals surface area contributed by atoms with E-state index in [1.54, 1.807) is 0 Å². The van der Waals surface area contributed by atoms with Gasteiger partial charge in [-0.2, -0.15) is 0 Å². The molecule has 1 saturated carbocycles. The van der Waals surface area contributed by atoms with Crippen LogP contribution in [0.15, 0.2) is 18.2 Å². The number of hydrogen-bond donors (Lipinski definition) is 1. The number of aryl methyl sites for hydroxylation is 1. The highest BCUT2D eigenvalue weighted by atomic mass is 15.1. The van der Waals surface area contributed by atoms with Crippen LogP contribution < -0.4 is 5.73 Å². The molecule has 1 aliphatic rings. The second-order valence-electron chi connectivity index (χ2n) is 5.26. The van der Waals surface area contributed by atoms with E-state index < -0.39 is 0 Å². The first-order chi connectivity index (χ1) is 8.16. The minimum atomic E-state index is 0.168. The highest BCUT2D eigenvalue weighted by Gasteiger charge is 2.29. The van der Waals surface area contributed by atoms with Gasteiger partial charge in [0, 0.05) is 24.1 Å². The Morgan fingerprint density at radius 2 is 2.24 bits per heavy atom. The fourth-order valence-corrected chi connectivity index (χ4v) is 2.46. The molecule has 2 aromatic rings. The van der Waals surface area contributed by atoms with E-state index >= 15 is 0 Å². The molecular formula is C14H19N3. The highest BCUT2D eigenvalue weighted by Crippen LogP contribution is 2.40. The van der Waals surface area contributed by atoms with Gasteiger partial charge in [0.2, 0.25) is 0 Å². The van der Waals surface area contributed by atoms with Crippen LogP contribution in [0.3, 0.4) is 0 Å². The van der Waals surface area contributed by atoms with Gasteiger partial charge in [-0.3, -0.25) is 0 Å². The molecule has 3 heteroatoms. The third-order valence-electron chi connectivity index (χ3n) is 3.42. The zero-order valence-electron chi connectivity index (χ0n) is 10.5. The van der Waals surface area contributed by atoms with Crippen molar-refractivity contribution in [2.45, 2.75) is 45.1 Å². The van der Waals surface area contributed by atoms with E-state index in [-0.39, 0.29) is 6.04 Å². The first-order valence-electron chi connectivity index (χ1n) is 6.39. The summed E-state index contributed by atoms with van der Waals surface area (Å²) >= 11 is 0. The van der Waals surface area contributed by atoms with Crippen LogP contribution in [0.4, 0.5) is 0 Å². The molecule has 1 unspecified atom stereocenters. The fraction of sp³-hybridized carbons (Fsp3) is 0.500. The summed E-state index contributed by atoms with van der Waals surface area (Å²) in [4.78, 5) is 4.84. The van der Waals surface area contributed by atoms with Crippen LogP contribution in [0.2, 0.25) is 0 Å². The number of fused-ring (bicyclic) bond motifs is 1. The van der Waals surface area contributed by atoms with Gasteiger partial charge in [0.25, 0.3) is 0 Å². The monoisotopic (exact) mass is 229 g/mol. The molecule has 2 aromatic heterocycles. The smallest absolute Gasteiger partial charge is 0.116 e. The van der Waals surface area contributed by atoms with Crippen molar-refractivity contribution in [2.75, 3.05) is 0 Å². The van der Waals surface area contributed by atoms with Crippen molar-refractivity contribution in [3.05, 3.63) is 35.4 Å². The van der Waals surface area contributed by atoms with Crippen LogP contribution in [0.1, 0.15) is 42.9 Å². The molecule has 1 atom stereocenters. The lowest BCUT2D eigenvalue weighted by atomic mass is 10.2. The Bertz CT molecular complexity index is 550. The zero-order chi connectivity index (χ0) is 12.0. The van der Waals surface area contributed by atoms with E-state index in [9.17, 15) is 0 Å². The van der Waals surface area contributed by atoms with E-state index in [4.69, 9.17) is 10.7 Å². The molecule has 2 heterocycles. The molecule has 90 valence electrons. The number of hydrogen-bond acceptors (Lipinski definition) is 2. The van der Waals surface area contributed by atoms with E-state index in [1.165, 1.54) is 29.9 Å². The third kappa shape index (κ3) is 1.84. The molecule has 3 rings (SSSR count). The predicted molar refractivity (Wildman–Crippen MR) is 69.3 cm³/mol. The van der Waals surface area contributed by atoms with Crippen molar-refractivity contribution in [1.82, 2.24) is 9.38 Å². The Labute approximate surface area is 102 Å². The Balaban J connectivity index is 2.19. The van der Waals surface area contributed by atoms with Crippen molar-refractivity contribution in [3.63, 3.8) is 0 Å².